The molecule has 0 saturated heterocycles. The molecule has 0 atom stereocenters. The lowest BCUT2D eigenvalue weighted by Crippen LogP contribution is -2.61. The zero-order valence-electron chi connectivity index (χ0n) is 46.7. The van der Waals surface area contributed by atoms with Crippen LogP contribution in [-0.4, -0.2) is 6.71 Å². The minimum Gasteiger partial charge on any atom is -0.311 e. The smallest absolute Gasteiger partial charge is 0.252 e. The van der Waals surface area contributed by atoms with Crippen molar-refractivity contribution in [2.24, 2.45) is 0 Å². The van der Waals surface area contributed by atoms with Gasteiger partial charge in [0.2, 0.25) is 0 Å². The van der Waals surface area contributed by atoms with Gasteiger partial charge in [-0.1, -0.05) is 230 Å². The van der Waals surface area contributed by atoms with E-state index in [0.29, 0.717) is 0 Å². The maximum absolute atomic E-state index is 2.60. The first-order valence-electron chi connectivity index (χ1n) is 28.4. The van der Waals surface area contributed by atoms with Crippen molar-refractivity contribution < 1.29 is 0 Å². The van der Waals surface area contributed by atoms with Crippen LogP contribution in [0.15, 0.2) is 261 Å². The highest BCUT2D eigenvalue weighted by Crippen LogP contribution is 2.58. The van der Waals surface area contributed by atoms with Crippen molar-refractivity contribution >= 4 is 74.3 Å². The Kier molecular flexibility index (Phi) is 11.5. The number of para-hydroxylation sites is 2. The van der Waals surface area contributed by atoms with E-state index in [1.165, 1.54) is 100 Å². The van der Waals surface area contributed by atoms with Crippen molar-refractivity contribution in [1.82, 2.24) is 0 Å². The molecule has 1 aliphatic carbocycles. The molecule has 2 heterocycles. The predicted octanol–water partition coefficient (Wildman–Crippen LogP) is 18.2. The summed E-state index contributed by atoms with van der Waals surface area (Å²) in [6, 6.07) is 98.2. The van der Waals surface area contributed by atoms with Crippen molar-refractivity contribution in [2.45, 2.75) is 64.7 Å². The molecule has 4 heteroatoms. The normalized spacial score (nSPS) is 13.7. The lowest BCUT2D eigenvalue weighted by Gasteiger charge is -2.45. The van der Waals surface area contributed by atoms with Crippen LogP contribution in [0.2, 0.25) is 0 Å². The Hall–Kier alpha value is -9.12. The second kappa shape index (κ2) is 18.8. The lowest BCUT2D eigenvalue weighted by atomic mass is 9.33. The maximum Gasteiger partial charge on any atom is 0.252 e. The topological polar surface area (TPSA) is 9.72 Å². The first-order chi connectivity index (χ1) is 38.9. The monoisotopic (exact) mass is 1030 g/mol. The van der Waals surface area contributed by atoms with E-state index >= 15 is 0 Å². The molecule has 0 radical (unpaired) electrons. The number of nitrogens with zero attached hydrogens (tertiary/aromatic N) is 3. The summed E-state index contributed by atoms with van der Waals surface area (Å²) in [6.45, 7) is 16.2. The largest absolute Gasteiger partial charge is 0.311 e. The Bertz CT molecular complexity index is 4120. The molecule has 0 N–H and O–H groups in total. The number of benzene rings is 11. The minimum atomic E-state index is -0.546. The van der Waals surface area contributed by atoms with Gasteiger partial charge >= 0.3 is 0 Å². The number of hydrogen-bond donors (Lipinski definition) is 0. The molecule has 0 unspecified atom stereocenters. The molecule has 0 spiro atoms. The van der Waals surface area contributed by atoms with Crippen molar-refractivity contribution in [3.05, 3.63) is 300 Å². The van der Waals surface area contributed by atoms with Gasteiger partial charge in [0, 0.05) is 51.1 Å². The Morgan fingerprint density at radius 3 is 1.56 bits per heavy atom. The Labute approximate surface area is 473 Å². The zero-order valence-corrected chi connectivity index (χ0v) is 46.7. The molecule has 11 aromatic carbocycles. The highest BCUT2D eigenvalue weighted by molar-refractivity contribution is 7.00. The van der Waals surface area contributed by atoms with Crippen LogP contribution in [0.25, 0.3) is 22.3 Å². The molecule has 0 fully saturated rings. The molecule has 2 aliphatic heterocycles. The van der Waals surface area contributed by atoms with E-state index in [2.05, 4.69) is 324 Å². The summed E-state index contributed by atoms with van der Waals surface area (Å²) in [6.07, 6.45) is 0. The summed E-state index contributed by atoms with van der Waals surface area (Å²) < 4.78 is 0. The van der Waals surface area contributed by atoms with E-state index in [-0.39, 0.29) is 17.5 Å². The van der Waals surface area contributed by atoms with Crippen molar-refractivity contribution in [3.8, 4) is 22.3 Å². The quantitative estimate of drug-likeness (QED) is 0.140. The van der Waals surface area contributed by atoms with E-state index in [0.717, 1.165) is 28.4 Å². The molecule has 3 nitrogen and oxygen atoms in total. The fourth-order valence-corrected chi connectivity index (χ4v) is 13.5. The number of rotatable bonds is 8. The van der Waals surface area contributed by atoms with Crippen LogP contribution in [0.1, 0.15) is 80.5 Å². The van der Waals surface area contributed by atoms with Crippen molar-refractivity contribution in [3.63, 3.8) is 0 Å². The number of anilines is 9. The SMILES string of the molecule is Cc1cc2c3c(c1)N(c1ccc(C(C)(C)C)cc1)c1cc(N(c4ccccc4)c4ccccc4-c4ccccc4)ccc1B3c1cc(C(C)(C)C)ccc1N2c1ccc2c(c1)C(c1ccccc1)(c1ccccc1)c1ccccc1-2. The van der Waals surface area contributed by atoms with Crippen LogP contribution in [0.4, 0.5) is 51.2 Å². The highest BCUT2D eigenvalue weighted by atomic mass is 15.2. The molecule has 80 heavy (non-hydrogen) atoms. The van der Waals surface area contributed by atoms with Crippen LogP contribution < -0.4 is 31.1 Å². The standard InChI is InChI=1S/C76H64BN3/c1-51-46-71-73-72(47-51)80(59-41-43-63-62-33-20-22-34-64(62)76(65(63)49-59,54-26-14-9-15-27-54)55-28-16-10-17-29-55)69-45-38-56(75(5,6)7)48-67(69)77(73)66-44-42-60(50-70(66)79(71)58-39-36-53(37-40-58)74(2,3)4)78(57-30-18-11-19-31-57)68-35-23-21-32-61(68)52-24-12-8-13-25-52/h8-50H,1-7H3. The van der Waals surface area contributed by atoms with E-state index < -0.39 is 5.41 Å². The lowest BCUT2D eigenvalue weighted by molar-refractivity contribution is 0.590. The third-order valence-corrected chi connectivity index (χ3v) is 17.3. The maximum atomic E-state index is 2.60. The molecule has 3 aliphatic rings. The van der Waals surface area contributed by atoms with Crippen LogP contribution >= 0.6 is 0 Å². The second-order valence-electron chi connectivity index (χ2n) is 24.2. The van der Waals surface area contributed by atoms with Gasteiger partial charge in [-0.3, -0.25) is 0 Å². The van der Waals surface area contributed by atoms with E-state index in [4.69, 9.17) is 0 Å². The van der Waals surface area contributed by atoms with E-state index in [9.17, 15) is 0 Å². The first-order valence-corrected chi connectivity index (χ1v) is 28.4. The third-order valence-electron chi connectivity index (χ3n) is 17.3. The third kappa shape index (κ3) is 7.79. The molecule has 0 amide bonds. The van der Waals surface area contributed by atoms with Crippen LogP contribution in [0, 0.1) is 6.92 Å². The number of fused-ring (bicyclic) bond motifs is 7. The van der Waals surface area contributed by atoms with Gasteiger partial charge in [0.1, 0.15) is 0 Å². The Balaban J connectivity index is 1.04. The summed E-state index contributed by atoms with van der Waals surface area (Å²) in [5.74, 6) is 0. The first kappa shape index (κ1) is 49.2. The second-order valence-corrected chi connectivity index (χ2v) is 24.2. The summed E-state index contributed by atoms with van der Waals surface area (Å²) in [7, 11) is 0. The van der Waals surface area contributed by atoms with Gasteiger partial charge in [0.25, 0.3) is 6.71 Å². The fourth-order valence-electron chi connectivity index (χ4n) is 13.5. The average molecular weight is 1030 g/mol. The molecule has 0 saturated carbocycles. The number of aryl methyl sites for hydroxylation is 1. The molecule has 0 bridgehead atoms. The van der Waals surface area contributed by atoms with Crippen LogP contribution in [-0.2, 0) is 16.2 Å². The minimum absolute atomic E-state index is 0.00770. The molecule has 14 rings (SSSR count). The fraction of sp³-hybridized carbons (Fsp3) is 0.132. The molecular weight excluding hydrogens is 966 g/mol. The molecular formula is C76H64BN3. The zero-order chi connectivity index (χ0) is 54.5. The van der Waals surface area contributed by atoms with E-state index in [1.54, 1.807) is 0 Å². The van der Waals surface area contributed by atoms with Crippen LogP contribution in [0.3, 0.4) is 0 Å². The summed E-state index contributed by atoms with van der Waals surface area (Å²) in [5, 5.41) is 0. The van der Waals surface area contributed by atoms with Crippen LogP contribution in [0.5, 0.6) is 0 Å². The van der Waals surface area contributed by atoms with Gasteiger partial charge in [-0.2, -0.15) is 0 Å². The number of hydrogen-bond acceptors (Lipinski definition) is 3. The molecule has 386 valence electrons. The van der Waals surface area contributed by atoms with Crippen molar-refractivity contribution in [2.75, 3.05) is 14.7 Å². The Morgan fingerprint density at radius 1 is 0.375 bits per heavy atom. The summed E-state index contributed by atoms with van der Waals surface area (Å²) in [5.41, 5.74) is 27.4. The highest BCUT2D eigenvalue weighted by Gasteiger charge is 2.48. The summed E-state index contributed by atoms with van der Waals surface area (Å²) >= 11 is 0. The Morgan fingerprint density at radius 2 is 0.912 bits per heavy atom. The van der Waals surface area contributed by atoms with Gasteiger partial charge in [-0.05, 0) is 163 Å². The van der Waals surface area contributed by atoms with Gasteiger partial charge in [-0.15, -0.1) is 0 Å². The average Bonchev–Trinajstić information content (AvgIpc) is 3.99. The van der Waals surface area contributed by atoms with E-state index in [1.807, 2.05) is 0 Å². The predicted molar refractivity (Wildman–Crippen MR) is 340 cm³/mol. The van der Waals surface area contributed by atoms with Gasteiger partial charge in [0.05, 0.1) is 11.1 Å². The van der Waals surface area contributed by atoms with Gasteiger partial charge < -0.3 is 14.7 Å². The van der Waals surface area contributed by atoms with Gasteiger partial charge in [-0.25, -0.2) is 0 Å². The molecule has 0 aromatic heterocycles. The molecule has 11 aromatic rings. The van der Waals surface area contributed by atoms with Crippen molar-refractivity contribution in [1.29, 1.82) is 0 Å². The summed E-state index contributed by atoms with van der Waals surface area (Å²) in [4.78, 5) is 7.63. The van der Waals surface area contributed by atoms with Gasteiger partial charge in [0.15, 0.2) is 0 Å².